The Kier molecular flexibility index (Phi) is 7.30. The van der Waals surface area contributed by atoms with Gasteiger partial charge in [0, 0.05) is 31.0 Å². The molecular weight excluding hydrogens is 495 g/mol. The van der Waals surface area contributed by atoms with Crippen LogP contribution in [0.2, 0.25) is 0 Å². The van der Waals surface area contributed by atoms with Crippen LogP contribution in [0.1, 0.15) is 28.8 Å². The highest BCUT2D eigenvalue weighted by Gasteiger charge is 2.51. The summed E-state index contributed by atoms with van der Waals surface area (Å²) in [5.74, 6) is 0.105. The van der Waals surface area contributed by atoms with Crippen molar-refractivity contribution in [2.45, 2.75) is 51.1 Å². The molecule has 0 bridgehead atoms. The van der Waals surface area contributed by atoms with E-state index >= 15 is 0 Å². The molecule has 8 nitrogen and oxygen atoms in total. The van der Waals surface area contributed by atoms with E-state index in [1.165, 1.54) is 4.57 Å². The number of hydrogen-bond donors (Lipinski definition) is 2. The van der Waals surface area contributed by atoms with Crippen LogP contribution in [0.25, 0.3) is 0 Å². The number of halogens is 3. The van der Waals surface area contributed by atoms with Crippen LogP contribution in [0.15, 0.2) is 54.7 Å². The molecule has 3 aromatic rings. The molecule has 2 aromatic carbocycles. The smallest absolute Gasteiger partial charge is 0.376 e. The summed E-state index contributed by atoms with van der Waals surface area (Å²) in [5, 5.41) is 9.49. The van der Waals surface area contributed by atoms with Crippen molar-refractivity contribution in [3.63, 3.8) is 0 Å². The number of aliphatic hydroxyl groups excluding tert-OH is 1. The van der Waals surface area contributed by atoms with Gasteiger partial charge in [-0.25, -0.2) is 13.4 Å². The van der Waals surface area contributed by atoms with Crippen molar-refractivity contribution in [1.82, 2.24) is 13.9 Å². The van der Waals surface area contributed by atoms with Gasteiger partial charge in [-0.3, -0.25) is 4.57 Å². The monoisotopic (exact) mass is 523 g/mol. The zero-order valence-electron chi connectivity index (χ0n) is 19.7. The van der Waals surface area contributed by atoms with Crippen LogP contribution in [-0.2, 0) is 36.3 Å². The molecule has 0 aliphatic carbocycles. The molecule has 0 fully saturated rings. The Bertz CT molecular complexity index is 1310. The minimum atomic E-state index is -5.57. The first-order chi connectivity index (χ1) is 17.0. The van der Waals surface area contributed by atoms with Gasteiger partial charge >= 0.3 is 15.5 Å². The van der Waals surface area contributed by atoms with Gasteiger partial charge in [0.15, 0.2) is 0 Å². The number of imidazole rings is 1. The molecular formula is C24H28F3N5O3S. The molecule has 3 N–H and O–H groups in total. The number of alkyl halides is 3. The van der Waals surface area contributed by atoms with Gasteiger partial charge in [0.05, 0.1) is 12.2 Å². The van der Waals surface area contributed by atoms with E-state index in [2.05, 4.69) is 4.98 Å². The summed E-state index contributed by atoms with van der Waals surface area (Å²) in [4.78, 5) is 6.19. The standard InChI is InChI=1S/C24H28F3N5O3S/c1-17-6-5-9-22-21(17)15-31(36(34,35)24(25,26)27)14-20(11-10-18-7-3-2-4-8-18)32(22)13-19-12-30(16-33)23(28)29-19/h2-9,12,20,33H,10-11,13-16H2,1H3,(H2,28,29). The highest BCUT2D eigenvalue weighted by molar-refractivity contribution is 7.89. The highest BCUT2D eigenvalue weighted by Crippen LogP contribution is 2.37. The predicted molar refractivity (Wildman–Crippen MR) is 130 cm³/mol. The summed E-state index contributed by atoms with van der Waals surface area (Å²) < 4.78 is 68.0. The lowest BCUT2D eigenvalue weighted by Crippen LogP contribution is -2.47. The fraction of sp³-hybridized carbons (Fsp3) is 0.375. The molecule has 1 aromatic heterocycles. The van der Waals surface area contributed by atoms with Crippen molar-refractivity contribution in [2.75, 3.05) is 17.2 Å². The number of fused-ring (bicyclic) bond motifs is 1. The number of anilines is 2. The molecule has 12 heteroatoms. The number of nitrogens with two attached hydrogens (primary N) is 1. The van der Waals surface area contributed by atoms with Crippen molar-refractivity contribution in [3.05, 3.63) is 77.1 Å². The Hall–Kier alpha value is -3.09. The molecule has 36 heavy (non-hydrogen) atoms. The van der Waals surface area contributed by atoms with Crippen molar-refractivity contribution in [3.8, 4) is 0 Å². The SMILES string of the molecule is Cc1cccc2c1CN(S(=O)(=O)C(F)(F)F)CC(CCc1ccccc1)N2Cc1cn(CO)c(N)n1. The molecule has 0 saturated carbocycles. The molecule has 4 rings (SSSR count). The van der Waals surface area contributed by atoms with Crippen molar-refractivity contribution < 1.29 is 26.7 Å². The first-order valence-electron chi connectivity index (χ1n) is 11.4. The number of benzene rings is 2. The van der Waals surface area contributed by atoms with Crippen LogP contribution >= 0.6 is 0 Å². The number of rotatable bonds is 7. The third kappa shape index (κ3) is 5.20. The van der Waals surface area contributed by atoms with Gasteiger partial charge in [-0.2, -0.15) is 17.5 Å². The Morgan fingerprint density at radius 1 is 1.14 bits per heavy atom. The van der Waals surface area contributed by atoms with Gasteiger partial charge < -0.3 is 15.7 Å². The third-order valence-electron chi connectivity index (χ3n) is 6.47. The van der Waals surface area contributed by atoms with Crippen LogP contribution in [-0.4, -0.2) is 45.5 Å². The topological polar surface area (TPSA) is 105 Å². The number of nitrogen functional groups attached to an aromatic ring is 1. The zero-order valence-corrected chi connectivity index (χ0v) is 20.5. The molecule has 0 saturated heterocycles. The fourth-order valence-electron chi connectivity index (χ4n) is 4.55. The Balaban J connectivity index is 1.79. The third-order valence-corrected chi connectivity index (χ3v) is 8.01. The minimum Gasteiger partial charge on any atom is -0.376 e. The summed E-state index contributed by atoms with van der Waals surface area (Å²) in [6.07, 6.45) is 2.52. The molecule has 0 radical (unpaired) electrons. The van der Waals surface area contributed by atoms with Crippen LogP contribution in [0.4, 0.5) is 24.8 Å². The number of aromatic nitrogens is 2. The molecule has 2 heterocycles. The molecule has 1 aliphatic rings. The Morgan fingerprint density at radius 3 is 2.50 bits per heavy atom. The largest absolute Gasteiger partial charge is 0.511 e. The summed E-state index contributed by atoms with van der Waals surface area (Å²) in [5.41, 5.74) is 3.78. The normalized spacial score (nSPS) is 17.1. The zero-order chi connectivity index (χ0) is 26.1. The first kappa shape index (κ1) is 26.0. The van der Waals surface area contributed by atoms with Crippen molar-refractivity contribution >= 4 is 21.7 Å². The predicted octanol–water partition coefficient (Wildman–Crippen LogP) is 3.40. The van der Waals surface area contributed by atoms with E-state index in [9.17, 15) is 26.7 Å². The Labute approximate surface area is 207 Å². The van der Waals surface area contributed by atoms with Crippen LogP contribution in [0.5, 0.6) is 0 Å². The molecule has 1 unspecified atom stereocenters. The van der Waals surface area contributed by atoms with Gasteiger partial charge in [-0.05, 0) is 42.5 Å². The molecule has 194 valence electrons. The fourth-order valence-corrected chi connectivity index (χ4v) is 5.51. The summed E-state index contributed by atoms with van der Waals surface area (Å²) in [6, 6.07) is 14.2. The first-order valence-corrected chi connectivity index (χ1v) is 12.8. The Morgan fingerprint density at radius 2 is 1.86 bits per heavy atom. The summed E-state index contributed by atoms with van der Waals surface area (Å²) in [6.45, 7) is 0.809. The van der Waals surface area contributed by atoms with Crippen molar-refractivity contribution in [1.29, 1.82) is 0 Å². The van der Waals surface area contributed by atoms with E-state index in [1.54, 1.807) is 31.3 Å². The molecule has 0 spiro atoms. The van der Waals surface area contributed by atoms with Gasteiger partial charge in [-0.1, -0.05) is 42.5 Å². The second-order valence-electron chi connectivity index (χ2n) is 8.82. The lowest BCUT2D eigenvalue weighted by Gasteiger charge is -2.34. The maximum atomic E-state index is 13.6. The number of hydrogen-bond acceptors (Lipinski definition) is 6. The maximum Gasteiger partial charge on any atom is 0.511 e. The molecule has 1 aliphatic heterocycles. The highest BCUT2D eigenvalue weighted by atomic mass is 32.2. The van der Waals surface area contributed by atoms with Crippen LogP contribution in [0.3, 0.4) is 0 Å². The van der Waals surface area contributed by atoms with Gasteiger partial charge in [0.25, 0.3) is 0 Å². The van der Waals surface area contributed by atoms with E-state index in [0.29, 0.717) is 39.7 Å². The number of sulfonamides is 1. The lowest BCUT2D eigenvalue weighted by molar-refractivity contribution is -0.0492. The van der Waals surface area contributed by atoms with Crippen molar-refractivity contribution in [2.24, 2.45) is 0 Å². The second kappa shape index (κ2) is 10.1. The van der Waals surface area contributed by atoms with E-state index in [1.807, 2.05) is 35.2 Å². The number of aliphatic hydroxyl groups is 1. The second-order valence-corrected chi connectivity index (χ2v) is 10.8. The van der Waals surface area contributed by atoms with E-state index in [-0.39, 0.29) is 25.8 Å². The minimum absolute atomic E-state index is 0.105. The number of nitrogens with zero attached hydrogens (tertiary/aromatic N) is 4. The van der Waals surface area contributed by atoms with E-state index < -0.39 is 28.1 Å². The van der Waals surface area contributed by atoms with E-state index in [0.717, 1.165) is 5.56 Å². The molecule has 1 atom stereocenters. The average molecular weight is 524 g/mol. The maximum absolute atomic E-state index is 13.6. The number of aryl methyl sites for hydroxylation is 2. The summed E-state index contributed by atoms with van der Waals surface area (Å²) >= 11 is 0. The average Bonchev–Trinajstić information content (AvgIpc) is 3.10. The van der Waals surface area contributed by atoms with E-state index in [4.69, 9.17) is 5.73 Å². The lowest BCUT2D eigenvalue weighted by atomic mass is 10.0. The van der Waals surface area contributed by atoms with Gasteiger partial charge in [0.2, 0.25) is 5.95 Å². The molecule has 0 amide bonds. The van der Waals surface area contributed by atoms with Gasteiger partial charge in [0.1, 0.15) is 6.73 Å². The van der Waals surface area contributed by atoms with Crippen LogP contribution < -0.4 is 10.6 Å². The summed E-state index contributed by atoms with van der Waals surface area (Å²) in [7, 11) is -5.57. The quantitative estimate of drug-likeness (QED) is 0.492. The van der Waals surface area contributed by atoms with Gasteiger partial charge in [-0.15, -0.1) is 0 Å². The van der Waals surface area contributed by atoms with Crippen LogP contribution in [0, 0.1) is 6.92 Å².